The van der Waals surface area contributed by atoms with Crippen LogP contribution in [0.2, 0.25) is 0 Å². The van der Waals surface area contributed by atoms with Crippen molar-refractivity contribution in [3.8, 4) is 28.9 Å². The Balaban J connectivity index is 0.000000151. The molecular formula is C45H43FN14O8S. The number of benzene rings is 2. The molecule has 0 amide bonds. The van der Waals surface area contributed by atoms with Gasteiger partial charge < -0.3 is 25.0 Å². The van der Waals surface area contributed by atoms with Crippen LogP contribution in [0.15, 0.2) is 109 Å². The summed E-state index contributed by atoms with van der Waals surface area (Å²) >= 11 is 0. The minimum Gasteiger partial charge on any atom is -0.492 e. The number of fused-ring (bicyclic) bond motifs is 6. The molecule has 24 heteroatoms. The number of aromatic nitrogens is 12. The van der Waals surface area contributed by atoms with Crippen molar-refractivity contribution >= 4 is 55.6 Å². The van der Waals surface area contributed by atoms with Gasteiger partial charge in [0.05, 0.1) is 37.1 Å². The quantitative estimate of drug-likeness (QED) is 0.129. The van der Waals surface area contributed by atoms with Crippen molar-refractivity contribution in [3.63, 3.8) is 0 Å². The molecule has 8 aromatic heterocycles. The number of rotatable bonds is 15. The molecule has 0 bridgehead atoms. The standard InChI is InChI=1S/C23H23N7O5S.C22H20FN7O3/c1-14-4-8-16(9-5-14)36(32,33)35-12-10-28-20-18(29(23(28)31)13-15-6-7-15)21-25-19(17-3-2-11-34-17)27-30(21)22(24)26-20;23-14-5-7-15(8-6-14)32-11-9-28-19-17(29(22(28)31)12-13-3-4-13)20-25-18(16-2-1-10-33-16)27-30(20)21(24)26-19/h2-5,8-9,11,15H,6-7,10,12-13H2,1H3,(H2,24,26);1-2,5-8,10,13H,3-4,9,11-12H2,(H2,24,26). The molecule has 10 aromatic rings. The highest BCUT2D eigenvalue weighted by Crippen LogP contribution is 2.34. The lowest BCUT2D eigenvalue weighted by atomic mass is 10.2. The van der Waals surface area contributed by atoms with Crippen LogP contribution >= 0.6 is 0 Å². The molecule has 2 saturated carbocycles. The van der Waals surface area contributed by atoms with E-state index in [9.17, 15) is 22.4 Å². The van der Waals surface area contributed by atoms with E-state index in [1.54, 1.807) is 68.5 Å². The third kappa shape index (κ3) is 8.36. The van der Waals surface area contributed by atoms with Crippen LogP contribution in [0.3, 0.4) is 0 Å². The number of ether oxygens (including phenoxy) is 1. The first-order valence-electron chi connectivity index (χ1n) is 22.1. The van der Waals surface area contributed by atoms with Crippen LogP contribution in [-0.4, -0.2) is 79.1 Å². The van der Waals surface area contributed by atoms with Gasteiger partial charge >= 0.3 is 11.4 Å². The number of furan rings is 2. The molecule has 2 fully saturated rings. The van der Waals surface area contributed by atoms with Gasteiger partial charge in [0.15, 0.2) is 34.1 Å². The minimum absolute atomic E-state index is 0.0355. The Bertz CT molecular complexity index is 3750. The lowest BCUT2D eigenvalue weighted by molar-refractivity contribution is 0.297. The van der Waals surface area contributed by atoms with E-state index in [4.69, 9.17) is 29.2 Å². The predicted molar refractivity (Wildman–Crippen MR) is 247 cm³/mol. The second kappa shape index (κ2) is 17.2. The Morgan fingerprint density at radius 2 is 1.14 bits per heavy atom. The molecule has 22 nitrogen and oxygen atoms in total. The summed E-state index contributed by atoms with van der Waals surface area (Å²) in [5.41, 5.74) is 15.4. The first-order chi connectivity index (χ1) is 33.4. The molecule has 69 heavy (non-hydrogen) atoms. The van der Waals surface area contributed by atoms with E-state index in [2.05, 4.69) is 30.1 Å². The number of aryl methyl sites for hydroxylation is 1. The van der Waals surface area contributed by atoms with Crippen LogP contribution in [0.1, 0.15) is 31.2 Å². The van der Waals surface area contributed by atoms with E-state index in [0.29, 0.717) is 87.5 Å². The topological polar surface area (TPSA) is 271 Å². The van der Waals surface area contributed by atoms with E-state index in [-0.39, 0.29) is 60.3 Å². The van der Waals surface area contributed by atoms with Crippen LogP contribution in [0.25, 0.3) is 56.8 Å². The largest absolute Gasteiger partial charge is 0.492 e. The smallest absolute Gasteiger partial charge is 0.330 e. The van der Waals surface area contributed by atoms with Gasteiger partial charge in [0.2, 0.25) is 23.5 Å². The summed E-state index contributed by atoms with van der Waals surface area (Å²) in [6, 6.07) is 19.0. The number of nitrogens with two attached hydrogens (primary N) is 2. The number of imidazole rings is 2. The maximum atomic E-state index is 13.5. The average molecular weight is 959 g/mol. The summed E-state index contributed by atoms with van der Waals surface area (Å²) in [7, 11) is -3.98. The summed E-state index contributed by atoms with van der Waals surface area (Å²) < 4.78 is 69.2. The number of halogens is 1. The van der Waals surface area contributed by atoms with Gasteiger partial charge in [0.1, 0.15) is 29.2 Å². The maximum absolute atomic E-state index is 13.5. The zero-order chi connectivity index (χ0) is 47.6. The summed E-state index contributed by atoms with van der Waals surface area (Å²) in [5.74, 6) is 2.77. The number of hydrogen-bond acceptors (Lipinski definition) is 16. The molecule has 8 heterocycles. The number of hydrogen-bond donors (Lipinski definition) is 2. The third-order valence-electron chi connectivity index (χ3n) is 11.9. The highest BCUT2D eigenvalue weighted by molar-refractivity contribution is 7.86. The van der Waals surface area contributed by atoms with Gasteiger partial charge in [-0.05, 0) is 105 Å². The van der Waals surface area contributed by atoms with Gasteiger partial charge in [-0.25, -0.2) is 23.9 Å². The second-order valence-electron chi connectivity index (χ2n) is 16.9. The van der Waals surface area contributed by atoms with Crippen molar-refractivity contribution in [2.45, 2.75) is 63.7 Å². The van der Waals surface area contributed by atoms with Crippen molar-refractivity contribution in [2.75, 3.05) is 24.7 Å². The fourth-order valence-corrected chi connectivity index (χ4v) is 8.97. The second-order valence-corrected chi connectivity index (χ2v) is 18.6. The number of anilines is 2. The molecule has 0 radical (unpaired) electrons. The molecule has 2 aliphatic rings. The number of nitrogen functional groups attached to an aromatic ring is 2. The van der Waals surface area contributed by atoms with E-state index >= 15 is 0 Å². The van der Waals surface area contributed by atoms with Crippen LogP contribution in [-0.2, 0) is 40.5 Å². The van der Waals surface area contributed by atoms with Crippen molar-refractivity contribution in [1.82, 2.24) is 57.4 Å². The summed E-state index contributed by atoms with van der Waals surface area (Å²) in [4.78, 5) is 45.1. The number of nitrogens with zero attached hydrogens (tertiary/aromatic N) is 12. The maximum Gasteiger partial charge on any atom is 0.330 e. The summed E-state index contributed by atoms with van der Waals surface area (Å²) in [5, 5.41) is 8.84. The SMILES string of the molecule is Cc1ccc(S(=O)(=O)OCCn2c(=O)n(CC3CC3)c3c2nc(N)n2nc(-c4ccco4)nc32)cc1.Nc1nc2c(c3nc(-c4ccco4)nn13)n(CC1CC1)c(=O)n2CCOc1ccc(F)cc1. The van der Waals surface area contributed by atoms with Gasteiger partial charge in [-0.3, -0.25) is 22.5 Å². The minimum atomic E-state index is -3.98. The first kappa shape index (κ1) is 43.5. The third-order valence-corrected chi connectivity index (χ3v) is 13.3. The fourth-order valence-electron chi connectivity index (χ4n) is 8.07. The van der Waals surface area contributed by atoms with Crippen molar-refractivity contribution in [2.24, 2.45) is 11.8 Å². The van der Waals surface area contributed by atoms with Crippen molar-refractivity contribution in [1.29, 1.82) is 0 Å². The van der Waals surface area contributed by atoms with Crippen LogP contribution < -0.4 is 27.6 Å². The highest BCUT2D eigenvalue weighted by Gasteiger charge is 2.30. The normalized spacial score (nSPS) is 14.1. The molecule has 0 atom stereocenters. The molecule has 0 spiro atoms. The Morgan fingerprint density at radius 3 is 1.61 bits per heavy atom. The predicted octanol–water partition coefficient (Wildman–Crippen LogP) is 4.92. The molecule has 2 aliphatic carbocycles. The van der Waals surface area contributed by atoms with E-state index in [0.717, 1.165) is 31.2 Å². The Labute approximate surface area is 389 Å². The molecule has 0 aliphatic heterocycles. The molecular weight excluding hydrogens is 916 g/mol. The Hall–Kier alpha value is -8.12. The van der Waals surface area contributed by atoms with Crippen LogP contribution in [0.4, 0.5) is 16.3 Å². The van der Waals surface area contributed by atoms with E-state index in [1.807, 2.05) is 6.92 Å². The van der Waals surface area contributed by atoms with Gasteiger partial charge in [-0.2, -0.15) is 27.4 Å². The lowest BCUT2D eigenvalue weighted by Crippen LogP contribution is -2.27. The van der Waals surface area contributed by atoms with Gasteiger partial charge in [-0.15, -0.1) is 10.2 Å². The summed E-state index contributed by atoms with van der Waals surface area (Å²) in [6.45, 7) is 3.08. The highest BCUT2D eigenvalue weighted by atomic mass is 32.2. The molecule has 12 rings (SSSR count). The van der Waals surface area contributed by atoms with Crippen molar-refractivity contribution < 1.29 is 30.6 Å². The molecule has 2 aromatic carbocycles. The lowest BCUT2D eigenvalue weighted by Gasteiger charge is -2.07. The van der Waals surface area contributed by atoms with Crippen LogP contribution in [0, 0.1) is 24.6 Å². The molecule has 4 N–H and O–H groups in total. The zero-order valence-corrected chi connectivity index (χ0v) is 37.7. The van der Waals surface area contributed by atoms with Crippen LogP contribution in [0.5, 0.6) is 5.75 Å². The van der Waals surface area contributed by atoms with Gasteiger partial charge in [-0.1, -0.05) is 17.7 Å². The van der Waals surface area contributed by atoms with Gasteiger partial charge in [0.25, 0.3) is 10.1 Å². The van der Waals surface area contributed by atoms with Gasteiger partial charge in [0, 0.05) is 13.1 Å². The summed E-state index contributed by atoms with van der Waals surface area (Å²) in [6.07, 6.45) is 7.27. The molecule has 0 saturated heterocycles. The fraction of sp³-hybridized carbons (Fsp3) is 0.289. The average Bonchev–Trinajstić information content (AvgIpc) is 3.84. The zero-order valence-electron chi connectivity index (χ0n) is 36.9. The Kier molecular flexibility index (Phi) is 10.8. The van der Waals surface area contributed by atoms with Crippen molar-refractivity contribution in [3.05, 3.63) is 118 Å². The first-order valence-corrected chi connectivity index (χ1v) is 23.5. The van der Waals surface area contributed by atoms with E-state index in [1.165, 1.54) is 44.1 Å². The monoisotopic (exact) mass is 958 g/mol. The Morgan fingerprint density at radius 1 is 0.652 bits per heavy atom. The molecule has 354 valence electrons. The van der Waals surface area contributed by atoms with E-state index < -0.39 is 10.1 Å². The molecule has 0 unspecified atom stereocenters.